The molecule has 0 saturated carbocycles. The number of anilines is 1. The summed E-state index contributed by atoms with van der Waals surface area (Å²) in [6.45, 7) is 0. The molecule has 0 aliphatic rings. The Bertz CT molecular complexity index is 1180. The van der Waals surface area contributed by atoms with Gasteiger partial charge in [0.15, 0.2) is 17.6 Å². The highest BCUT2D eigenvalue weighted by atomic mass is 35.5. The van der Waals surface area contributed by atoms with Crippen molar-refractivity contribution in [1.82, 2.24) is 0 Å². The molecule has 0 radical (unpaired) electrons. The van der Waals surface area contributed by atoms with E-state index in [9.17, 15) is 18.8 Å². The van der Waals surface area contributed by atoms with E-state index in [1.165, 1.54) is 12.1 Å². The second-order valence-corrected chi connectivity index (χ2v) is 8.03. The molecule has 3 rings (SSSR count). The van der Waals surface area contributed by atoms with Crippen LogP contribution < -0.4 is 14.8 Å². The first-order valence-corrected chi connectivity index (χ1v) is 11.7. The Morgan fingerprint density at radius 1 is 0.917 bits per heavy atom. The number of benzene rings is 3. The van der Waals surface area contributed by atoms with Crippen LogP contribution >= 0.6 is 11.6 Å². The van der Waals surface area contributed by atoms with Crippen LogP contribution in [0.1, 0.15) is 29.6 Å². The number of amides is 1. The fourth-order valence-corrected chi connectivity index (χ4v) is 3.43. The van der Waals surface area contributed by atoms with E-state index in [0.29, 0.717) is 22.9 Å². The number of methoxy groups -OCH3 is 1. The van der Waals surface area contributed by atoms with Crippen LogP contribution in [0, 0.1) is 5.82 Å². The van der Waals surface area contributed by atoms with Crippen molar-refractivity contribution in [2.75, 3.05) is 18.3 Å². The van der Waals surface area contributed by atoms with Gasteiger partial charge in [-0.1, -0.05) is 12.1 Å². The molecule has 3 aromatic rings. The minimum atomic E-state index is -1.11. The molecule has 0 spiro atoms. The maximum absolute atomic E-state index is 13.1. The largest absolute Gasteiger partial charge is 0.493 e. The highest BCUT2D eigenvalue weighted by Gasteiger charge is 2.24. The van der Waals surface area contributed by atoms with Crippen molar-refractivity contribution in [3.8, 4) is 17.2 Å². The minimum Gasteiger partial charge on any atom is -0.493 e. The van der Waals surface area contributed by atoms with Crippen molar-refractivity contribution in [2.45, 2.75) is 25.4 Å². The molecule has 0 heterocycles. The predicted octanol–water partition coefficient (Wildman–Crippen LogP) is 5.77. The van der Waals surface area contributed by atoms with Crippen molar-refractivity contribution in [3.63, 3.8) is 0 Å². The van der Waals surface area contributed by atoms with E-state index in [-0.39, 0.29) is 30.7 Å². The van der Waals surface area contributed by atoms with Gasteiger partial charge in [-0.2, -0.15) is 0 Å². The molecule has 0 saturated heterocycles. The molecule has 0 bridgehead atoms. The van der Waals surface area contributed by atoms with Crippen LogP contribution in [0.5, 0.6) is 17.2 Å². The summed E-state index contributed by atoms with van der Waals surface area (Å²) in [5.41, 5.74) is 0.724. The smallest absolute Gasteiger partial charge is 0.307 e. The lowest BCUT2D eigenvalue weighted by Crippen LogP contribution is -2.28. The Morgan fingerprint density at radius 3 is 2.22 bits per heavy atom. The van der Waals surface area contributed by atoms with Gasteiger partial charge in [-0.25, -0.2) is 4.39 Å². The lowest BCUT2D eigenvalue weighted by molar-refractivity contribution is -0.148. The van der Waals surface area contributed by atoms with Crippen molar-refractivity contribution < 1.29 is 33.0 Å². The molecule has 7 nitrogen and oxygen atoms in total. The molecule has 9 heteroatoms. The van der Waals surface area contributed by atoms with Gasteiger partial charge in [-0.05, 0) is 60.7 Å². The second kappa shape index (κ2) is 13.3. The number of esters is 1. The molecule has 0 aromatic heterocycles. The van der Waals surface area contributed by atoms with Crippen LogP contribution in [-0.2, 0) is 14.3 Å². The summed E-state index contributed by atoms with van der Waals surface area (Å²) in [6.07, 6.45) is -1.38. The van der Waals surface area contributed by atoms with Crippen LogP contribution in [0.4, 0.5) is 10.1 Å². The number of rotatable bonds is 12. The summed E-state index contributed by atoms with van der Waals surface area (Å²) in [5.74, 6) is -0.291. The quantitative estimate of drug-likeness (QED) is 0.188. The van der Waals surface area contributed by atoms with Gasteiger partial charge in [0.05, 0.1) is 13.5 Å². The standard InChI is InChI=1S/C27H25ClFNO6/c1-34-22-4-2-3-5-23(22)35-21-12-10-20(11-13-21)30-25(31)14-15-26(32)36-24(16-17-28)27(33)18-6-8-19(29)9-7-18/h2-13,24H,14-17H2,1H3,(H,30,31). The molecular weight excluding hydrogens is 489 g/mol. The van der Waals surface area contributed by atoms with E-state index in [0.717, 1.165) is 12.1 Å². The van der Waals surface area contributed by atoms with Crippen molar-refractivity contribution >= 4 is 34.9 Å². The second-order valence-electron chi connectivity index (χ2n) is 7.65. The number of para-hydroxylation sites is 2. The third kappa shape index (κ3) is 7.81. The number of ketones is 1. The lowest BCUT2D eigenvalue weighted by atomic mass is 10.0. The lowest BCUT2D eigenvalue weighted by Gasteiger charge is -2.16. The van der Waals surface area contributed by atoms with Gasteiger partial charge in [0.2, 0.25) is 11.7 Å². The van der Waals surface area contributed by atoms with Crippen molar-refractivity contribution in [3.05, 3.63) is 84.2 Å². The molecule has 1 unspecified atom stereocenters. The number of Topliss-reactive ketones (excluding diaryl/α,β-unsaturated/α-hetero) is 1. The van der Waals surface area contributed by atoms with Gasteiger partial charge >= 0.3 is 5.97 Å². The number of hydrogen-bond acceptors (Lipinski definition) is 6. The zero-order valence-electron chi connectivity index (χ0n) is 19.5. The number of nitrogens with one attached hydrogen (secondary N) is 1. The zero-order chi connectivity index (χ0) is 25.9. The van der Waals surface area contributed by atoms with E-state index in [1.54, 1.807) is 43.5 Å². The molecule has 1 amide bonds. The average Bonchev–Trinajstić information content (AvgIpc) is 2.89. The van der Waals surface area contributed by atoms with Crippen LogP contribution in [0.3, 0.4) is 0 Å². The van der Waals surface area contributed by atoms with Gasteiger partial charge in [0.1, 0.15) is 11.6 Å². The van der Waals surface area contributed by atoms with E-state index in [2.05, 4.69) is 5.32 Å². The number of ether oxygens (including phenoxy) is 3. The van der Waals surface area contributed by atoms with Gasteiger partial charge in [-0.3, -0.25) is 14.4 Å². The molecule has 0 aliphatic heterocycles. The third-order valence-electron chi connectivity index (χ3n) is 5.06. The van der Waals surface area contributed by atoms with Crippen LogP contribution in [0.2, 0.25) is 0 Å². The monoisotopic (exact) mass is 513 g/mol. The SMILES string of the molecule is COc1ccccc1Oc1ccc(NC(=O)CCC(=O)OC(CCCl)C(=O)c2ccc(F)cc2)cc1. The number of carbonyl (C=O) groups is 3. The van der Waals surface area contributed by atoms with Gasteiger partial charge in [0.25, 0.3) is 0 Å². The van der Waals surface area contributed by atoms with Crippen LogP contribution in [0.25, 0.3) is 0 Å². The van der Waals surface area contributed by atoms with Crippen LogP contribution in [-0.4, -0.2) is 36.8 Å². The first kappa shape index (κ1) is 26.7. The summed E-state index contributed by atoms with van der Waals surface area (Å²) in [4.78, 5) is 37.1. The minimum absolute atomic E-state index is 0.0854. The first-order valence-electron chi connectivity index (χ1n) is 11.2. The number of alkyl halides is 1. The van der Waals surface area contributed by atoms with E-state index < -0.39 is 29.6 Å². The Kier molecular flexibility index (Phi) is 9.82. The molecule has 188 valence electrons. The van der Waals surface area contributed by atoms with Gasteiger partial charge in [-0.15, -0.1) is 11.6 Å². The summed E-state index contributed by atoms with van der Waals surface area (Å²) >= 11 is 5.74. The van der Waals surface area contributed by atoms with E-state index >= 15 is 0 Å². The van der Waals surface area contributed by atoms with E-state index in [1.807, 2.05) is 12.1 Å². The maximum Gasteiger partial charge on any atom is 0.307 e. The highest BCUT2D eigenvalue weighted by Crippen LogP contribution is 2.31. The fourth-order valence-electron chi connectivity index (χ4n) is 3.24. The fraction of sp³-hybridized carbons (Fsp3) is 0.222. The van der Waals surface area contributed by atoms with Crippen molar-refractivity contribution in [2.24, 2.45) is 0 Å². The summed E-state index contributed by atoms with van der Waals surface area (Å²) in [5, 5.41) is 2.69. The molecular formula is C27H25ClFNO6. The van der Waals surface area contributed by atoms with Crippen LogP contribution in [0.15, 0.2) is 72.8 Å². The topological polar surface area (TPSA) is 90.9 Å². The molecule has 0 fully saturated rings. The molecule has 1 N–H and O–H groups in total. The Morgan fingerprint density at radius 2 is 1.58 bits per heavy atom. The normalized spacial score (nSPS) is 11.3. The number of halogens is 2. The summed E-state index contributed by atoms with van der Waals surface area (Å²) in [7, 11) is 1.55. The Labute approximate surface area is 213 Å². The Balaban J connectivity index is 1.49. The highest BCUT2D eigenvalue weighted by molar-refractivity contribution is 6.18. The predicted molar refractivity (Wildman–Crippen MR) is 133 cm³/mol. The third-order valence-corrected chi connectivity index (χ3v) is 5.28. The average molecular weight is 514 g/mol. The molecule has 3 aromatic carbocycles. The van der Waals surface area contributed by atoms with Crippen molar-refractivity contribution in [1.29, 1.82) is 0 Å². The Hall–Kier alpha value is -3.91. The molecule has 36 heavy (non-hydrogen) atoms. The number of hydrogen-bond donors (Lipinski definition) is 1. The van der Waals surface area contributed by atoms with Gasteiger partial charge < -0.3 is 19.5 Å². The first-order chi connectivity index (χ1) is 17.4. The van der Waals surface area contributed by atoms with Gasteiger partial charge in [0, 0.05) is 30.0 Å². The molecule has 1 atom stereocenters. The van der Waals surface area contributed by atoms with E-state index in [4.69, 9.17) is 25.8 Å². The zero-order valence-corrected chi connectivity index (χ0v) is 20.3. The molecule has 0 aliphatic carbocycles. The summed E-state index contributed by atoms with van der Waals surface area (Å²) < 4.78 is 29.4. The summed E-state index contributed by atoms with van der Waals surface area (Å²) in [6, 6.07) is 18.8. The number of carbonyl (C=O) groups excluding carboxylic acids is 3. The maximum atomic E-state index is 13.1.